The molecule has 1 N–H and O–H groups in total. The molecule has 6 nitrogen and oxygen atoms in total. The first-order valence-corrected chi connectivity index (χ1v) is 10.3. The first-order valence-electron chi connectivity index (χ1n) is 8.86. The fraction of sp³-hybridized carbons (Fsp3) is 0.400. The van der Waals surface area contributed by atoms with Gasteiger partial charge in [-0.1, -0.05) is 24.3 Å². The average molecular weight is 391 g/mol. The molecule has 0 bridgehead atoms. The van der Waals surface area contributed by atoms with Crippen LogP contribution in [0.2, 0.25) is 0 Å². The molecule has 0 radical (unpaired) electrons. The number of hydrogen-bond acceptors (Lipinski definition) is 5. The highest BCUT2D eigenvalue weighted by Crippen LogP contribution is 2.39. The number of ether oxygens (including phenoxy) is 3. The molecule has 1 fully saturated rings. The van der Waals surface area contributed by atoms with Crippen molar-refractivity contribution in [2.45, 2.75) is 23.2 Å². The Morgan fingerprint density at radius 1 is 1.04 bits per heavy atom. The van der Waals surface area contributed by atoms with Crippen molar-refractivity contribution in [3.8, 4) is 11.5 Å². The number of nitrogens with one attached hydrogen (secondary N) is 1. The fourth-order valence-electron chi connectivity index (χ4n) is 3.47. The Kier molecular flexibility index (Phi) is 6.04. The van der Waals surface area contributed by atoms with E-state index < -0.39 is 10.0 Å². The van der Waals surface area contributed by atoms with E-state index in [-0.39, 0.29) is 16.9 Å². The highest BCUT2D eigenvalue weighted by atomic mass is 32.2. The van der Waals surface area contributed by atoms with Gasteiger partial charge in [-0.15, -0.1) is 0 Å². The Hall–Kier alpha value is -2.09. The molecule has 1 aliphatic heterocycles. The van der Waals surface area contributed by atoms with Crippen molar-refractivity contribution in [2.24, 2.45) is 0 Å². The summed E-state index contributed by atoms with van der Waals surface area (Å²) in [4.78, 5) is 0.184. The summed E-state index contributed by atoms with van der Waals surface area (Å²) in [6.45, 7) is 1.44. The molecular formula is C20H25NO5S. The Bertz CT molecular complexity index is 875. The molecule has 1 aliphatic rings. The van der Waals surface area contributed by atoms with Crippen LogP contribution in [0, 0.1) is 0 Å². The number of para-hydroxylation sites is 1. The minimum Gasteiger partial charge on any atom is -0.497 e. The predicted octanol–water partition coefficient (Wildman–Crippen LogP) is 2.73. The zero-order valence-electron chi connectivity index (χ0n) is 15.6. The lowest BCUT2D eigenvalue weighted by Gasteiger charge is -2.38. The maximum Gasteiger partial charge on any atom is 0.240 e. The van der Waals surface area contributed by atoms with Crippen molar-refractivity contribution < 1.29 is 22.6 Å². The summed E-state index contributed by atoms with van der Waals surface area (Å²) in [5, 5.41) is 0. The topological polar surface area (TPSA) is 73.9 Å². The molecule has 0 aliphatic carbocycles. The lowest BCUT2D eigenvalue weighted by Crippen LogP contribution is -2.44. The van der Waals surface area contributed by atoms with Gasteiger partial charge < -0.3 is 14.2 Å². The zero-order chi connectivity index (χ0) is 19.3. The van der Waals surface area contributed by atoms with Gasteiger partial charge in [0.05, 0.1) is 19.1 Å². The lowest BCUT2D eigenvalue weighted by molar-refractivity contribution is 0.0509. The number of rotatable bonds is 7. The van der Waals surface area contributed by atoms with Gasteiger partial charge in [-0.25, -0.2) is 13.1 Å². The van der Waals surface area contributed by atoms with E-state index in [0.717, 1.165) is 11.3 Å². The van der Waals surface area contributed by atoms with E-state index in [1.54, 1.807) is 25.3 Å². The molecule has 0 saturated carbocycles. The molecule has 2 aromatic carbocycles. The van der Waals surface area contributed by atoms with Crippen LogP contribution in [-0.2, 0) is 20.2 Å². The number of methoxy groups -OCH3 is 2. The molecule has 0 amide bonds. The molecule has 0 unspecified atom stereocenters. The quantitative estimate of drug-likeness (QED) is 0.786. The van der Waals surface area contributed by atoms with E-state index in [2.05, 4.69) is 4.72 Å². The SMILES string of the molecule is COc1cccc(S(=O)(=O)NCC2(c3ccccc3OC)CCOCC2)c1. The van der Waals surface area contributed by atoms with Gasteiger partial charge in [0.1, 0.15) is 11.5 Å². The van der Waals surface area contributed by atoms with Crippen molar-refractivity contribution in [1.29, 1.82) is 0 Å². The highest BCUT2D eigenvalue weighted by Gasteiger charge is 2.37. The van der Waals surface area contributed by atoms with Crippen LogP contribution in [-0.4, -0.2) is 42.4 Å². The summed E-state index contributed by atoms with van der Waals surface area (Å²) < 4.78 is 44.7. The van der Waals surface area contributed by atoms with Gasteiger partial charge in [0, 0.05) is 36.8 Å². The summed E-state index contributed by atoms with van der Waals surface area (Å²) in [6.07, 6.45) is 1.43. The largest absolute Gasteiger partial charge is 0.497 e. The van der Waals surface area contributed by atoms with Crippen LogP contribution in [0.25, 0.3) is 0 Å². The van der Waals surface area contributed by atoms with Crippen molar-refractivity contribution in [3.05, 3.63) is 54.1 Å². The summed E-state index contributed by atoms with van der Waals surface area (Å²) in [5.41, 5.74) is 0.626. The van der Waals surface area contributed by atoms with Crippen molar-refractivity contribution in [1.82, 2.24) is 4.72 Å². The van der Waals surface area contributed by atoms with E-state index in [1.165, 1.54) is 13.2 Å². The Labute approximate surface area is 160 Å². The molecule has 3 rings (SSSR count). The number of hydrogen-bond donors (Lipinski definition) is 1. The van der Waals surface area contributed by atoms with Crippen LogP contribution >= 0.6 is 0 Å². The monoisotopic (exact) mass is 391 g/mol. The molecule has 1 saturated heterocycles. The molecule has 2 aromatic rings. The normalized spacial score (nSPS) is 16.7. The maximum atomic E-state index is 12.8. The van der Waals surface area contributed by atoms with Gasteiger partial charge in [-0.2, -0.15) is 0 Å². The van der Waals surface area contributed by atoms with Gasteiger partial charge in [0.25, 0.3) is 0 Å². The lowest BCUT2D eigenvalue weighted by atomic mass is 9.74. The minimum absolute atomic E-state index is 0.184. The van der Waals surface area contributed by atoms with Crippen molar-refractivity contribution >= 4 is 10.0 Å². The van der Waals surface area contributed by atoms with Gasteiger partial charge >= 0.3 is 0 Å². The third-order valence-corrected chi connectivity index (χ3v) is 6.48. The highest BCUT2D eigenvalue weighted by molar-refractivity contribution is 7.89. The van der Waals surface area contributed by atoms with Gasteiger partial charge in [-0.05, 0) is 31.0 Å². The molecule has 7 heteroatoms. The fourth-order valence-corrected chi connectivity index (χ4v) is 4.63. The van der Waals surface area contributed by atoms with E-state index in [0.29, 0.717) is 31.8 Å². The van der Waals surface area contributed by atoms with Gasteiger partial charge in [-0.3, -0.25) is 0 Å². The summed E-state index contributed by atoms with van der Waals surface area (Å²) >= 11 is 0. The summed E-state index contributed by atoms with van der Waals surface area (Å²) in [6, 6.07) is 14.2. The average Bonchev–Trinajstić information content (AvgIpc) is 2.73. The standard InChI is InChI=1S/C20H25NO5S/c1-24-16-6-5-7-17(14-16)27(22,23)21-15-20(10-12-26-13-11-20)18-8-3-4-9-19(18)25-2/h3-9,14,21H,10-13,15H2,1-2H3. The van der Waals surface area contributed by atoms with Crippen molar-refractivity contribution in [2.75, 3.05) is 34.0 Å². The third kappa shape index (κ3) is 4.26. The van der Waals surface area contributed by atoms with Crippen LogP contribution in [0.1, 0.15) is 18.4 Å². The van der Waals surface area contributed by atoms with E-state index in [1.807, 2.05) is 24.3 Å². The van der Waals surface area contributed by atoms with Crippen molar-refractivity contribution in [3.63, 3.8) is 0 Å². The van der Waals surface area contributed by atoms with Crippen LogP contribution in [0.5, 0.6) is 11.5 Å². The van der Waals surface area contributed by atoms with E-state index >= 15 is 0 Å². The van der Waals surface area contributed by atoms with Crippen LogP contribution in [0.15, 0.2) is 53.4 Å². The molecule has 146 valence electrons. The van der Waals surface area contributed by atoms with Crippen LogP contribution in [0.4, 0.5) is 0 Å². The maximum absolute atomic E-state index is 12.8. The number of benzene rings is 2. The first-order chi connectivity index (χ1) is 13.0. The van der Waals surface area contributed by atoms with Crippen LogP contribution < -0.4 is 14.2 Å². The third-order valence-electron chi connectivity index (χ3n) is 5.08. The predicted molar refractivity (Wildman–Crippen MR) is 103 cm³/mol. The minimum atomic E-state index is -3.67. The molecule has 1 heterocycles. The Balaban J connectivity index is 1.89. The molecule has 0 aromatic heterocycles. The Morgan fingerprint density at radius 3 is 2.48 bits per heavy atom. The second-order valence-electron chi connectivity index (χ2n) is 6.60. The number of sulfonamides is 1. The van der Waals surface area contributed by atoms with Gasteiger partial charge in [0.2, 0.25) is 10.0 Å². The second kappa shape index (κ2) is 8.29. The van der Waals surface area contributed by atoms with E-state index in [4.69, 9.17) is 14.2 Å². The van der Waals surface area contributed by atoms with Gasteiger partial charge in [0.15, 0.2) is 0 Å². The molecule has 0 spiro atoms. The molecule has 0 atom stereocenters. The first kappa shape index (κ1) is 19.7. The van der Waals surface area contributed by atoms with Crippen LogP contribution in [0.3, 0.4) is 0 Å². The molecule has 27 heavy (non-hydrogen) atoms. The zero-order valence-corrected chi connectivity index (χ0v) is 16.4. The Morgan fingerprint density at radius 2 is 1.78 bits per heavy atom. The molecular weight excluding hydrogens is 366 g/mol. The smallest absolute Gasteiger partial charge is 0.240 e. The summed E-state index contributed by atoms with van der Waals surface area (Å²) in [7, 11) is -0.527. The summed E-state index contributed by atoms with van der Waals surface area (Å²) in [5.74, 6) is 1.27. The van der Waals surface area contributed by atoms with E-state index in [9.17, 15) is 8.42 Å². The second-order valence-corrected chi connectivity index (χ2v) is 8.36.